The molecule has 0 aromatic heterocycles. The van der Waals surface area contributed by atoms with Crippen LogP contribution in [-0.2, 0) is 0 Å². The zero-order valence-corrected chi connectivity index (χ0v) is 11.1. The van der Waals surface area contributed by atoms with Gasteiger partial charge in [-0.2, -0.15) is 5.26 Å². The van der Waals surface area contributed by atoms with Crippen molar-refractivity contribution in [3.05, 3.63) is 33.8 Å². The van der Waals surface area contributed by atoms with E-state index in [0.717, 1.165) is 10.0 Å². The number of rotatable bonds is 2. The molecule has 0 unspecified atom stereocenters. The molecule has 0 aliphatic heterocycles. The number of nitriles is 1. The minimum absolute atomic E-state index is 0.255. The van der Waals surface area contributed by atoms with Gasteiger partial charge in [0.15, 0.2) is 0 Å². The molecule has 1 fully saturated rings. The van der Waals surface area contributed by atoms with Crippen molar-refractivity contribution in [1.29, 1.82) is 5.26 Å². The first-order valence-electron chi connectivity index (χ1n) is 5.42. The van der Waals surface area contributed by atoms with Crippen LogP contribution in [0.5, 0.6) is 0 Å². The van der Waals surface area contributed by atoms with Crippen molar-refractivity contribution >= 4 is 15.9 Å². The number of hydrogen-bond donors (Lipinski definition) is 1. The van der Waals surface area contributed by atoms with Crippen molar-refractivity contribution in [2.45, 2.75) is 19.8 Å². The van der Waals surface area contributed by atoms with Gasteiger partial charge in [0, 0.05) is 4.47 Å². The molecule has 1 aromatic rings. The molecule has 1 aromatic carbocycles. The molecule has 0 amide bonds. The van der Waals surface area contributed by atoms with Gasteiger partial charge >= 0.3 is 0 Å². The van der Waals surface area contributed by atoms with Crippen molar-refractivity contribution in [3.63, 3.8) is 0 Å². The Bertz CT molecular complexity index is 459. The van der Waals surface area contributed by atoms with Gasteiger partial charge in [-0.25, -0.2) is 0 Å². The number of benzene rings is 1. The quantitative estimate of drug-likeness (QED) is 0.904. The van der Waals surface area contributed by atoms with E-state index < -0.39 is 0 Å². The van der Waals surface area contributed by atoms with Crippen LogP contribution in [0, 0.1) is 22.7 Å². The molecule has 1 saturated carbocycles. The molecule has 0 saturated heterocycles. The van der Waals surface area contributed by atoms with Gasteiger partial charge in [0.05, 0.1) is 11.6 Å². The maximum Gasteiger partial charge on any atom is 0.0991 e. The number of nitrogens with zero attached hydrogens (tertiary/aromatic N) is 1. The minimum atomic E-state index is 0.255. The van der Waals surface area contributed by atoms with Crippen molar-refractivity contribution in [1.82, 2.24) is 0 Å². The molecule has 0 radical (unpaired) electrons. The molecule has 0 bridgehead atoms. The fourth-order valence-electron chi connectivity index (χ4n) is 2.65. The molecule has 2 nitrogen and oxygen atoms in total. The Balaban J connectivity index is 2.39. The average Bonchev–Trinajstić information content (AvgIpc) is 2.81. The van der Waals surface area contributed by atoms with Crippen molar-refractivity contribution < 1.29 is 0 Å². The second-order valence-electron chi connectivity index (χ2n) is 4.99. The highest BCUT2D eigenvalue weighted by Crippen LogP contribution is 2.64. The lowest BCUT2D eigenvalue weighted by molar-refractivity contribution is 0.558. The number of nitrogens with two attached hydrogens (primary N) is 1. The SMILES string of the molecule is CC1(C)[C@@H](CN)[C@@H]1c1cc(C#N)ccc1Br. The topological polar surface area (TPSA) is 49.8 Å². The average molecular weight is 279 g/mol. The Kier molecular flexibility index (Phi) is 2.81. The predicted molar refractivity (Wildman–Crippen MR) is 67.9 cm³/mol. The molecule has 16 heavy (non-hydrogen) atoms. The molecule has 0 heterocycles. The standard InChI is InChI=1S/C13H15BrN2/c1-13(2)10(7-16)12(13)9-5-8(6-15)3-4-11(9)14/h3-5,10,12H,7,16H2,1-2H3/t10-,12-/m0/s1. The summed E-state index contributed by atoms with van der Waals surface area (Å²) in [6.07, 6.45) is 0. The van der Waals surface area contributed by atoms with Gasteiger partial charge in [0.25, 0.3) is 0 Å². The molecule has 2 N–H and O–H groups in total. The van der Waals surface area contributed by atoms with Gasteiger partial charge in [-0.05, 0) is 47.6 Å². The van der Waals surface area contributed by atoms with Crippen molar-refractivity contribution in [3.8, 4) is 6.07 Å². The first-order valence-corrected chi connectivity index (χ1v) is 6.21. The van der Waals surface area contributed by atoms with Crippen LogP contribution in [0.2, 0.25) is 0 Å². The zero-order chi connectivity index (χ0) is 11.9. The van der Waals surface area contributed by atoms with Crippen molar-refractivity contribution in [2.24, 2.45) is 17.1 Å². The lowest BCUT2D eigenvalue weighted by atomic mass is 10.0. The lowest BCUT2D eigenvalue weighted by Crippen LogP contribution is -2.05. The smallest absolute Gasteiger partial charge is 0.0991 e. The first-order chi connectivity index (χ1) is 7.52. The normalized spacial score (nSPS) is 26.2. The van der Waals surface area contributed by atoms with Crippen LogP contribution in [0.3, 0.4) is 0 Å². The third-order valence-electron chi connectivity index (χ3n) is 3.76. The summed E-state index contributed by atoms with van der Waals surface area (Å²) in [5, 5.41) is 8.92. The van der Waals surface area contributed by atoms with Crippen LogP contribution in [0.1, 0.15) is 30.9 Å². The van der Waals surface area contributed by atoms with Gasteiger partial charge in [-0.1, -0.05) is 29.8 Å². The fraction of sp³-hybridized carbons (Fsp3) is 0.462. The molecule has 2 atom stereocenters. The third-order valence-corrected chi connectivity index (χ3v) is 4.49. The van der Waals surface area contributed by atoms with Gasteiger partial charge in [0.2, 0.25) is 0 Å². The zero-order valence-electron chi connectivity index (χ0n) is 9.50. The van der Waals surface area contributed by atoms with E-state index in [-0.39, 0.29) is 5.41 Å². The summed E-state index contributed by atoms with van der Waals surface area (Å²) in [4.78, 5) is 0. The van der Waals surface area contributed by atoms with E-state index in [1.807, 2.05) is 18.2 Å². The highest BCUT2D eigenvalue weighted by Gasteiger charge is 2.57. The largest absolute Gasteiger partial charge is 0.330 e. The van der Waals surface area contributed by atoms with Gasteiger partial charge in [0.1, 0.15) is 0 Å². The maximum absolute atomic E-state index is 8.92. The molecule has 2 rings (SSSR count). The van der Waals surface area contributed by atoms with Crippen LogP contribution >= 0.6 is 15.9 Å². The molecule has 3 heteroatoms. The van der Waals surface area contributed by atoms with Crippen LogP contribution in [0.4, 0.5) is 0 Å². The second kappa shape index (κ2) is 3.87. The van der Waals surface area contributed by atoms with Gasteiger partial charge in [-0.3, -0.25) is 0 Å². The van der Waals surface area contributed by atoms with Gasteiger partial charge in [-0.15, -0.1) is 0 Å². The fourth-order valence-corrected chi connectivity index (χ4v) is 3.15. The Hall–Kier alpha value is -0.850. The summed E-state index contributed by atoms with van der Waals surface area (Å²) in [5.74, 6) is 0.998. The minimum Gasteiger partial charge on any atom is -0.330 e. The molecule has 1 aliphatic rings. The summed E-state index contributed by atoms with van der Waals surface area (Å²) >= 11 is 3.56. The number of hydrogen-bond acceptors (Lipinski definition) is 2. The van der Waals surface area contributed by atoms with Crippen LogP contribution in [0.15, 0.2) is 22.7 Å². The van der Waals surface area contributed by atoms with Crippen LogP contribution < -0.4 is 5.73 Å². The van der Waals surface area contributed by atoms with Crippen molar-refractivity contribution in [2.75, 3.05) is 6.54 Å². The molecular weight excluding hydrogens is 264 g/mol. The Morgan fingerprint density at radius 1 is 1.50 bits per heavy atom. The lowest BCUT2D eigenvalue weighted by Gasteiger charge is -2.06. The van der Waals surface area contributed by atoms with E-state index >= 15 is 0 Å². The van der Waals surface area contributed by atoms with E-state index in [9.17, 15) is 0 Å². The molecular formula is C13H15BrN2. The van der Waals surface area contributed by atoms with Crippen LogP contribution in [0.25, 0.3) is 0 Å². The maximum atomic E-state index is 8.92. The van der Waals surface area contributed by atoms with E-state index in [1.165, 1.54) is 5.56 Å². The highest BCUT2D eigenvalue weighted by atomic mass is 79.9. The summed E-state index contributed by atoms with van der Waals surface area (Å²) in [7, 11) is 0. The summed E-state index contributed by atoms with van der Waals surface area (Å²) in [5.41, 5.74) is 7.97. The first kappa shape index (κ1) is 11.6. The Morgan fingerprint density at radius 3 is 2.69 bits per heavy atom. The van der Waals surface area contributed by atoms with Crippen LogP contribution in [-0.4, -0.2) is 6.54 Å². The summed E-state index contributed by atoms with van der Waals surface area (Å²) < 4.78 is 1.08. The Morgan fingerprint density at radius 2 is 2.19 bits per heavy atom. The molecule has 84 valence electrons. The summed E-state index contributed by atoms with van der Waals surface area (Å²) in [6.45, 7) is 5.18. The Labute approximate surface area is 105 Å². The summed E-state index contributed by atoms with van der Waals surface area (Å²) in [6, 6.07) is 7.95. The van der Waals surface area contributed by atoms with E-state index in [4.69, 9.17) is 11.0 Å². The third kappa shape index (κ3) is 1.66. The predicted octanol–water partition coefficient (Wildman–Crippen LogP) is 3.02. The second-order valence-corrected chi connectivity index (χ2v) is 5.84. The molecule has 0 spiro atoms. The van der Waals surface area contributed by atoms with Gasteiger partial charge < -0.3 is 5.73 Å². The monoisotopic (exact) mass is 278 g/mol. The van der Waals surface area contributed by atoms with E-state index in [2.05, 4.69) is 35.8 Å². The highest BCUT2D eigenvalue weighted by molar-refractivity contribution is 9.10. The van der Waals surface area contributed by atoms with E-state index in [1.54, 1.807) is 0 Å². The van der Waals surface area contributed by atoms with E-state index in [0.29, 0.717) is 18.4 Å². The molecule has 1 aliphatic carbocycles. The number of halogens is 1.